The quantitative estimate of drug-likeness (QED) is 0.105. The summed E-state index contributed by atoms with van der Waals surface area (Å²) in [5.74, 6) is 1.14. The van der Waals surface area contributed by atoms with E-state index >= 15 is 0 Å². The molecule has 0 N–H and O–H groups in total. The standard InChI is InChI=1S/C31H59NO3S/c1-2-3-4-5-6-7-8-9-10-11-12-13-14-16-19-22-31-34-28-30(35-31)27-33-25-21-18-15-17-20-23-32-24-26-36-29-32/h24,26,30-31H,2-23,25,27-29H2,1H3. The Labute approximate surface area is 228 Å². The molecular weight excluding hydrogens is 466 g/mol. The molecule has 1 saturated heterocycles. The third-order valence-corrected chi connectivity index (χ3v) is 8.30. The molecule has 0 radical (unpaired) electrons. The minimum Gasteiger partial charge on any atom is -0.379 e. The maximum absolute atomic E-state index is 6.03. The molecule has 2 unspecified atom stereocenters. The molecule has 0 saturated carbocycles. The minimum absolute atomic E-state index is 0.00410. The lowest BCUT2D eigenvalue weighted by Crippen LogP contribution is -2.19. The third kappa shape index (κ3) is 18.1. The topological polar surface area (TPSA) is 30.9 Å². The lowest BCUT2D eigenvalue weighted by molar-refractivity contribution is -0.0761. The summed E-state index contributed by atoms with van der Waals surface area (Å²) < 4.78 is 17.7. The predicted molar refractivity (Wildman–Crippen MR) is 156 cm³/mol. The average molecular weight is 526 g/mol. The van der Waals surface area contributed by atoms with Gasteiger partial charge < -0.3 is 19.1 Å². The van der Waals surface area contributed by atoms with Crippen LogP contribution in [0.4, 0.5) is 0 Å². The fourth-order valence-corrected chi connectivity index (χ4v) is 5.89. The van der Waals surface area contributed by atoms with Crippen LogP contribution in [-0.2, 0) is 14.2 Å². The van der Waals surface area contributed by atoms with Crippen LogP contribution < -0.4 is 0 Å². The van der Waals surface area contributed by atoms with E-state index in [1.54, 1.807) is 0 Å². The Morgan fingerprint density at radius 3 is 1.94 bits per heavy atom. The van der Waals surface area contributed by atoms with E-state index in [0.29, 0.717) is 13.2 Å². The summed E-state index contributed by atoms with van der Waals surface area (Å²) in [6.07, 6.45) is 30.9. The molecule has 2 atom stereocenters. The Morgan fingerprint density at radius 2 is 1.33 bits per heavy atom. The molecule has 0 bridgehead atoms. The molecule has 0 aliphatic carbocycles. The average Bonchev–Trinajstić information content (AvgIpc) is 3.58. The van der Waals surface area contributed by atoms with E-state index in [1.165, 1.54) is 129 Å². The largest absolute Gasteiger partial charge is 0.379 e. The van der Waals surface area contributed by atoms with Gasteiger partial charge in [-0.05, 0) is 31.1 Å². The van der Waals surface area contributed by atoms with Crippen LogP contribution in [-0.4, -0.2) is 49.5 Å². The molecular formula is C31H59NO3S. The van der Waals surface area contributed by atoms with Crippen molar-refractivity contribution >= 4 is 11.8 Å². The van der Waals surface area contributed by atoms with Crippen molar-refractivity contribution in [3.8, 4) is 0 Å². The van der Waals surface area contributed by atoms with E-state index in [0.717, 1.165) is 25.3 Å². The molecule has 0 aromatic rings. The highest BCUT2D eigenvalue weighted by atomic mass is 32.2. The summed E-state index contributed by atoms with van der Waals surface area (Å²) in [5, 5.41) is 2.19. The lowest BCUT2D eigenvalue weighted by Gasteiger charge is -2.14. The monoisotopic (exact) mass is 525 g/mol. The molecule has 2 rings (SSSR count). The van der Waals surface area contributed by atoms with Gasteiger partial charge in [-0.15, -0.1) is 11.8 Å². The van der Waals surface area contributed by atoms with Crippen LogP contribution >= 0.6 is 11.8 Å². The number of hydrogen-bond donors (Lipinski definition) is 0. The molecule has 212 valence electrons. The number of rotatable bonds is 26. The molecule has 0 spiro atoms. The van der Waals surface area contributed by atoms with Crippen LogP contribution in [0.15, 0.2) is 11.6 Å². The van der Waals surface area contributed by atoms with Crippen molar-refractivity contribution < 1.29 is 14.2 Å². The van der Waals surface area contributed by atoms with Crippen molar-refractivity contribution in [3.05, 3.63) is 11.6 Å². The van der Waals surface area contributed by atoms with Gasteiger partial charge in [-0.3, -0.25) is 0 Å². The molecule has 5 heteroatoms. The van der Waals surface area contributed by atoms with Gasteiger partial charge in [-0.25, -0.2) is 0 Å². The summed E-state index contributed by atoms with van der Waals surface area (Å²) in [4.78, 5) is 2.41. The SMILES string of the molecule is CCCCCCCCCCCCCCCCCC1OCC(COCCCCCCCN2C=CSC2)O1. The fraction of sp³-hybridized carbons (Fsp3) is 0.935. The minimum atomic E-state index is 0.00410. The highest BCUT2D eigenvalue weighted by molar-refractivity contribution is 8.02. The van der Waals surface area contributed by atoms with E-state index in [-0.39, 0.29) is 12.4 Å². The van der Waals surface area contributed by atoms with Gasteiger partial charge >= 0.3 is 0 Å². The van der Waals surface area contributed by atoms with E-state index in [9.17, 15) is 0 Å². The van der Waals surface area contributed by atoms with Crippen LogP contribution in [0.5, 0.6) is 0 Å². The van der Waals surface area contributed by atoms with Crippen molar-refractivity contribution in [2.24, 2.45) is 0 Å². The first-order valence-corrected chi connectivity index (χ1v) is 16.8. The smallest absolute Gasteiger partial charge is 0.158 e. The first-order valence-electron chi connectivity index (χ1n) is 15.8. The zero-order valence-electron chi connectivity index (χ0n) is 23.8. The first kappa shape index (κ1) is 32.0. The summed E-state index contributed by atoms with van der Waals surface area (Å²) >= 11 is 1.89. The van der Waals surface area contributed by atoms with Gasteiger partial charge in [0.15, 0.2) is 6.29 Å². The van der Waals surface area contributed by atoms with Gasteiger partial charge in [0.05, 0.1) is 19.1 Å². The summed E-state index contributed by atoms with van der Waals surface area (Å²) in [6, 6.07) is 0. The maximum Gasteiger partial charge on any atom is 0.158 e. The van der Waals surface area contributed by atoms with Crippen LogP contribution in [0.25, 0.3) is 0 Å². The Bertz CT molecular complexity index is 504. The van der Waals surface area contributed by atoms with Crippen molar-refractivity contribution in [2.45, 2.75) is 154 Å². The number of ether oxygens (including phenoxy) is 3. The van der Waals surface area contributed by atoms with Crippen LogP contribution in [0, 0.1) is 0 Å². The van der Waals surface area contributed by atoms with Crippen LogP contribution in [0.3, 0.4) is 0 Å². The van der Waals surface area contributed by atoms with Gasteiger partial charge in [0.1, 0.15) is 6.10 Å². The lowest BCUT2D eigenvalue weighted by atomic mass is 10.0. The van der Waals surface area contributed by atoms with E-state index in [2.05, 4.69) is 23.4 Å². The highest BCUT2D eigenvalue weighted by Gasteiger charge is 2.25. The Hall–Kier alpha value is -0.230. The van der Waals surface area contributed by atoms with Crippen LogP contribution in [0.2, 0.25) is 0 Å². The molecule has 2 aliphatic rings. The van der Waals surface area contributed by atoms with Crippen molar-refractivity contribution in [3.63, 3.8) is 0 Å². The molecule has 2 aliphatic heterocycles. The molecule has 4 nitrogen and oxygen atoms in total. The highest BCUT2D eigenvalue weighted by Crippen LogP contribution is 2.20. The van der Waals surface area contributed by atoms with Crippen LogP contribution in [0.1, 0.15) is 142 Å². The van der Waals surface area contributed by atoms with Crippen molar-refractivity contribution in [2.75, 3.05) is 32.2 Å². The zero-order valence-corrected chi connectivity index (χ0v) is 24.6. The predicted octanol–water partition coefficient (Wildman–Crippen LogP) is 9.43. The van der Waals surface area contributed by atoms with Crippen molar-refractivity contribution in [1.29, 1.82) is 0 Å². The fourth-order valence-electron chi connectivity index (χ4n) is 5.14. The molecule has 2 heterocycles. The van der Waals surface area contributed by atoms with E-state index in [1.807, 2.05) is 11.8 Å². The third-order valence-electron chi connectivity index (χ3n) is 7.50. The first-order chi connectivity index (χ1) is 17.9. The summed E-state index contributed by atoms with van der Waals surface area (Å²) in [5.41, 5.74) is 0. The number of thioether (sulfide) groups is 1. The zero-order chi connectivity index (χ0) is 25.4. The second-order valence-corrected chi connectivity index (χ2v) is 11.9. The van der Waals surface area contributed by atoms with Gasteiger partial charge in [-0.2, -0.15) is 0 Å². The molecule has 0 aromatic heterocycles. The molecule has 0 aromatic carbocycles. The molecule has 0 amide bonds. The van der Waals surface area contributed by atoms with E-state index < -0.39 is 0 Å². The Morgan fingerprint density at radius 1 is 0.750 bits per heavy atom. The summed E-state index contributed by atoms with van der Waals surface area (Å²) in [7, 11) is 0. The number of nitrogens with zero attached hydrogens (tertiary/aromatic N) is 1. The molecule has 36 heavy (non-hydrogen) atoms. The van der Waals surface area contributed by atoms with E-state index in [4.69, 9.17) is 14.2 Å². The second-order valence-electron chi connectivity index (χ2n) is 11.0. The maximum atomic E-state index is 6.03. The normalized spacial score (nSPS) is 19.6. The number of hydrogen-bond acceptors (Lipinski definition) is 5. The summed E-state index contributed by atoms with van der Waals surface area (Å²) in [6.45, 7) is 5.75. The van der Waals surface area contributed by atoms with Gasteiger partial charge in [0.2, 0.25) is 0 Å². The second kappa shape index (κ2) is 23.9. The van der Waals surface area contributed by atoms with Gasteiger partial charge in [-0.1, -0.05) is 116 Å². The van der Waals surface area contributed by atoms with Gasteiger partial charge in [0, 0.05) is 19.4 Å². The molecule has 1 fully saturated rings. The van der Waals surface area contributed by atoms with Gasteiger partial charge in [0.25, 0.3) is 0 Å². The Balaban J connectivity index is 1.24. The number of unbranched alkanes of at least 4 members (excludes halogenated alkanes) is 18. The Kier molecular flexibility index (Phi) is 21.2. The van der Waals surface area contributed by atoms with Crippen molar-refractivity contribution in [1.82, 2.24) is 4.90 Å².